The molecule has 1 fully saturated rings. The molecule has 1 N–H and O–H groups in total. The Morgan fingerprint density at radius 3 is 2.34 bits per heavy atom. The number of anilines is 1. The molecule has 0 saturated carbocycles. The summed E-state index contributed by atoms with van der Waals surface area (Å²) in [5.41, 5.74) is 3.79. The van der Waals surface area contributed by atoms with E-state index in [2.05, 4.69) is 5.32 Å². The molecular formula is C29H27ClN2O6. The number of nitrogens with zero attached hydrogens (tertiary/aromatic N) is 1. The molecular weight excluding hydrogens is 508 g/mol. The van der Waals surface area contributed by atoms with Gasteiger partial charge < -0.3 is 14.2 Å². The molecule has 4 rings (SSSR count). The van der Waals surface area contributed by atoms with Crippen LogP contribution in [0.4, 0.5) is 10.5 Å². The lowest BCUT2D eigenvalue weighted by molar-refractivity contribution is -0.122. The average Bonchev–Trinajstić information content (AvgIpc) is 2.88. The molecule has 1 aliphatic heterocycles. The first-order valence-corrected chi connectivity index (χ1v) is 12.3. The molecule has 1 aliphatic rings. The summed E-state index contributed by atoms with van der Waals surface area (Å²) in [6, 6.07) is 14.8. The van der Waals surface area contributed by atoms with E-state index in [1.807, 2.05) is 39.0 Å². The van der Waals surface area contributed by atoms with Crippen molar-refractivity contribution in [3.8, 4) is 17.2 Å². The van der Waals surface area contributed by atoms with Crippen molar-refractivity contribution >= 4 is 41.2 Å². The molecule has 0 aliphatic carbocycles. The highest BCUT2D eigenvalue weighted by Gasteiger charge is 2.37. The van der Waals surface area contributed by atoms with Gasteiger partial charge in [-0.15, -0.1) is 0 Å². The van der Waals surface area contributed by atoms with Crippen LogP contribution < -0.4 is 24.4 Å². The van der Waals surface area contributed by atoms with Crippen molar-refractivity contribution in [2.45, 2.75) is 27.4 Å². The van der Waals surface area contributed by atoms with Gasteiger partial charge >= 0.3 is 6.03 Å². The van der Waals surface area contributed by atoms with Crippen LogP contribution in [-0.2, 0) is 16.2 Å². The maximum absolute atomic E-state index is 13.2. The third-order valence-electron chi connectivity index (χ3n) is 6.02. The van der Waals surface area contributed by atoms with Crippen LogP contribution in [0.15, 0.2) is 60.2 Å². The van der Waals surface area contributed by atoms with Crippen LogP contribution in [0.2, 0.25) is 5.02 Å². The first-order chi connectivity index (χ1) is 18.2. The van der Waals surface area contributed by atoms with Gasteiger partial charge in [-0.05, 0) is 85.5 Å². The van der Waals surface area contributed by atoms with Crippen molar-refractivity contribution in [1.29, 1.82) is 0 Å². The second kappa shape index (κ2) is 11.4. The quantitative estimate of drug-likeness (QED) is 0.298. The number of imide groups is 2. The smallest absolute Gasteiger partial charge is 0.335 e. The number of carbonyl (C=O) groups is 3. The number of nitrogens with one attached hydrogen (secondary N) is 1. The Labute approximate surface area is 225 Å². The van der Waals surface area contributed by atoms with Crippen molar-refractivity contribution < 1.29 is 28.6 Å². The number of carbonyl (C=O) groups excluding carboxylic acids is 3. The third kappa shape index (κ3) is 5.65. The number of amides is 4. The van der Waals surface area contributed by atoms with E-state index >= 15 is 0 Å². The molecule has 1 saturated heterocycles. The predicted molar refractivity (Wildman–Crippen MR) is 145 cm³/mol. The molecule has 38 heavy (non-hydrogen) atoms. The van der Waals surface area contributed by atoms with Gasteiger partial charge in [0.1, 0.15) is 17.9 Å². The number of rotatable bonds is 8. The van der Waals surface area contributed by atoms with Gasteiger partial charge in [-0.1, -0.05) is 29.8 Å². The SMILES string of the molecule is CCOc1ccc(N2C(=O)NC(=O)/C(=C\c3cc(Cl)c(OCc4ccc(C)c(C)c4)c(OC)c3)C2=O)cc1. The summed E-state index contributed by atoms with van der Waals surface area (Å²) in [6.07, 6.45) is 1.35. The zero-order valence-corrected chi connectivity index (χ0v) is 22.2. The maximum atomic E-state index is 13.2. The molecule has 1 heterocycles. The van der Waals surface area contributed by atoms with Crippen molar-refractivity contribution in [3.63, 3.8) is 0 Å². The normalized spacial score (nSPS) is 14.5. The Bertz CT molecular complexity index is 1430. The van der Waals surface area contributed by atoms with E-state index in [4.69, 9.17) is 25.8 Å². The summed E-state index contributed by atoms with van der Waals surface area (Å²) in [6.45, 7) is 6.67. The number of halogens is 1. The average molecular weight is 535 g/mol. The Morgan fingerprint density at radius 2 is 1.68 bits per heavy atom. The minimum atomic E-state index is -0.841. The van der Waals surface area contributed by atoms with E-state index in [0.717, 1.165) is 16.0 Å². The number of ether oxygens (including phenoxy) is 3. The molecule has 0 aromatic heterocycles. The highest BCUT2D eigenvalue weighted by atomic mass is 35.5. The Kier molecular flexibility index (Phi) is 8.02. The van der Waals surface area contributed by atoms with Gasteiger partial charge in [0.2, 0.25) is 0 Å². The molecule has 0 unspecified atom stereocenters. The van der Waals surface area contributed by atoms with Gasteiger partial charge in [-0.2, -0.15) is 0 Å². The van der Waals surface area contributed by atoms with E-state index in [9.17, 15) is 14.4 Å². The Hall–Kier alpha value is -4.30. The summed E-state index contributed by atoms with van der Waals surface area (Å²) in [5.74, 6) is -0.327. The topological polar surface area (TPSA) is 94.2 Å². The van der Waals surface area contributed by atoms with Crippen molar-refractivity contribution in [3.05, 3.63) is 87.4 Å². The summed E-state index contributed by atoms with van der Waals surface area (Å²) >= 11 is 6.52. The molecule has 0 spiro atoms. The highest BCUT2D eigenvalue weighted by molar-refractivity contribution is 6.39. The molecule has 3 aromatic rings. The lowest BCUT2D eigenvalue weighted by Gasteiger charge is -2.26. The lowest BCUT2D eigenvalue weighted by Crippen LogP contribution is -2.54. The standard InChI is InChI=1S/C29H27ClN2O6/c1-5-37-22-10-8-21(9-11-22)32-28(34)23(27(33)31-29(32)35)13-20-14-24(30)26(25(15-20)36-4)38-16-19-7-6-17(2)18(3)12-19/h6-15H,5,16H2,1-4H3,(H,31,33,35)/b23-13+. The zero-order valence-electron chi connectivity index (χ0n) is 21.5. The monoisotopic (exact) mass is 534 g/mol. The fourth-order valence-electron chi connectivity index (χ4n) is 3.93. The molecule has 8 nitrogen and oxygen atoms in total. The molecule has 3 aromatic carbocycles. The first kappa shape index (κ1) is 26.8. The third-order valence-corrected chi connectivity index (χ3v) is 6.31. The van der Waals surface area contributed by atoms with Crippen molar-refractivity contribution in [2.75, 3.05) is 18.6 Å². The number of benzene rings is 3. The van der Waals surface area contributed by atoms with Crippen LogP contribution >= 0.6 is 11.6 Å². The van der Waals surface area contributed by atoms with Crippen molar-refractivity contribution in [2.24, 2.45) is 0 Å². The van der Waals surface area contributed by atoms with Crippen molar-refractivity contribution in [1.82, 2.24) is 5.32 Å². The Balaban J connectivity index is 1.61. The summed E-state index contributed by atoms with van der Waals surface area (Å²) in [4.78, 5) is 39.2. The molecule has 196 valence electrons. The van der Waals surface area contributed by atoms with Crippen LogP contribution in [-0.4, -0.2) is 31.6 Å². The highest BCUT2D eigenvalue weighted by Crippen LogP contribution is 2.38. The summed E-state index contributed by atoms with van der Waals surface area (Å²) in [7, 11) is 1.47. The lowest BCUT2D eigenvalue weighted by atomic mass is 10.1. The van der Waals surface area contributed by atoms with Gasteiger partial charge in [0, 0.05) is 0 Å². The van der Waals surface area contributed by atoms with Gasteiger partial charge in [0.05, 0.1) is 24.4 Å². The second-order valence-corrected chi connectivity index (χ2v) is 9.03. The van der Waals surface area contributed by atoms with Crippen LogP contribution in [0.25, 0.3) is 6.08 Å². The number of urea groups is 1. The largest absolute Gasteiger partial charge is 0.494 e. The van der Waals surface area contributed by atoms with Gasteiger partial charge in [0.25, 0.3) is 11.8 Å². The predicted octanol–water partition coefficient (Wildman–Crippen LogP) is 5.61. The fourth-order valence-corrected chi connectivity index (χ4v) is 4.20. The second-order valence-electron chi connectivity index (χ2n) is 8.63. The summed E-state index contributed by atoms with van der Waals surface area (Å²) < 4.78 is 16.8. The number of hydrogen-bond donors (Lipinski definition) is 1. The van der Waals surface area contributed by atoms with Crippen LogP contribution in [0.5, 0.6) is 17.2 Å². The van der Waals surface area contributed by atoms with Gasteiger partial charge in [-0.3, -0.25) is 14.9 Å². The molecule has 0 atom stereocenters. The molecule has 4 amide bonds. The van der Waals surface area contributed by atoms with Gasteiger partial charge in [0.15, 0.2) is 11.5 Å². The first-order valence-electron chi connectivity index (χ1n) is 11.9. The van der Waals surface area contributed by atoms with E-state index in [-0.39, 0.29) is 17.2 Å². The minimum Gasteiger partial charge on any atom is -0.494 e. The molecule has 9 heteroatoms. The summed E-state index contributed by atoms with van der Waals surface area (Å²) in [5, 5.41) is 2.45. The van der Waals surface area contributed by atoms with E-state index < -0.39 is 17.8 Å². The number of methoxy groups -OCH3 is 1. The number of barbiturate groups is 1. The minimum absolute atomic E-state index is 0.236. The molecule has 0 radical (unpaired) electrons. The maximum Gasteiger partial charge on any atom is 0.335 e. The fraction of sp³-hybridized carbons (Fsp3) is 0.207. The Morgan fingerprint density at radius 1 is 0.947 bits per heavy atom. The van der Waals surface area contributed by atoms with E-state index in [1.54, 1.807) is 36.4 Å². The van der Waals surface area contributed by atoms with Crippen LogP contribution in [0.3, 0.4) is 0 Å². The van der Waals surface area contributed by atoms with E-state index in [1.165, 1.54) is 18.7 Å². The molecule has 0 bridgehead atoms. The van der Waals surface area contributed by atoms with Gasteiger partial charge in [-0.25, -0.2) is 9.69 Å². The zero-order chi connectivity index (χ0) is 27.4. The number of aryl methyl sites for hydroxylation is 2. The van der Waals surface area contributed by atoms with Crippen LogP contribution in [0.1, 0.15) is 29.2 Å². The number of hydrogen-bond acceptors (Lipinski definition) is 6. The van der Waals surface area contributed by atoms with Crippen LogP contribution in [0, 0.1) is 13.8 Å². The van der Waals surface area contributed by atoms with E-state index in [0.29, 0.717) is 35.1 Å².